The van der Waals surface area contributed by atoms with Crippen molar-refractivity contribution in [3.63, 3.8) is 0 Å². The van der Waals surface area contributed by atoms with E-state index in [0.717, 1.165) is 0 Å². The summed E-state index contributed by atoms with van der Waals surface area (Å²) >= 11 is 0. The molecule has 0 radical (unpaired) electrons. The first-order valence-electron chi connectivity index (χ1n) is 5.07. The molecule has 0 bridgehead atoms. The highest BCUT2D eigenvalue weighted by Gasteiger charge is 2.47. The minimum Gasteiger partial charge on any atom is -0.469 e. The highest BCUT2D eigenvalue weighted by Crippen LogP contribution is 2.45. The van der Waals surface area contributed by atoms with Crippen molar-refractivity contribution < 1.29 is 19.1 Å². The van der Waals surface area contributed by atoms with Gasteiger partial charge in [0, 0.05) is 0 Å². The van der Waals surface area contributed by atoms with Crippen LogP contribution in [0.25, 0.3) is 0 Å². The van der Waals surface area contributed by atoms with Gasteiger partial charge in [-0.3, -0.25) is 9.59 Å². The maximum atomic E-state index is 11.5. The molecule has 0 aromatic rings. The van der Waals surface area contributed by atoms with Gasteiger partial charge in [0.1, 0.15) is 0 Å². The molecule has 0 amide bonds. The van der Waals surface area contributed by atoms with E-state index in [-0.39, 0.29) is 29.2 Å². The maximum Gasteiger partial charge on any atom is 0.309 e. The number of esters is 2. The van der Waals surface area contributed by atoms with E-state index in [1.165, 1.54) is 14.2 Å². The Morgan fingerprint density at radius 1 is 1.00 bits per heavy atom. The molecule has 0 unspecified atom stereocenters. The fourth-order valence-corrected chi connectivity index (χ4v) is 2.36. The highest BCUT2D eigenvalue weighted by atomic mass is 16.5. The summed E-state index contributed by atoms with van der Waals surface area (Å²) in [6, 6.07) is 0. The standard InChI is InChI=1S/C11H18O4/c1-11(2)5-7(9(12)14-3)8(6-11)10(13)15-4/h7-8H,5-6H2,1-4H3/t7-,8-/m1/s1. The topological polar surface area (TPSA) is 52.6 Å². The number of carbonyl (C=O) groups excluding carboxylic acids is 2. The molecule has 0 aromatic carbocycles. The zero-order chi connectivity index (χ0) is 11.6. The third-order valence-corrected chi connectivity index (χ3v) is 3.04. The smallest absolute Gasteiger partial charge is 0.309 e. The summed E-state index contributed by atoms with van der Waals surface area (Å²) in [5, 5.41) is 0. The van der Waals surface area contributed by atoms with Gasteiger partial charge in [-0.2, -0.15) is 0 Å². The van der Waals surface area contributed by atoms with Crippen LogP contribution in [0.2, 0.25) is 0 Å². The molecule has 0 spiro atoms. The van der Waals surface area contributed by atoms with E-state index in [1.54, 1.807) is 0 Å². The molecule has 1 fully saturated rings. The molecule has 0 heterocycles. The van der Waals surface area contributed by atoms with Crippen molar-refractivity contribution >= 4 is 11.9 Å². The van der Waals surface area contributed by atoms with Crippen molar-refractivity contribution in [1.82, 2.24) is 0 Å². The molecule has 0 N–H and O–H groups in total. The van der Waals surface area contributed by atoms with E-state index in [0.29, 0.717) is 12.8 Å². The van der Waals surface area contributed by atoms with Crippen LogP contribution in [-0.2, 0) is 19.1 Å². The third-order valence-electron chi connectivity index (χ3n) is 3.04. The SMILES string of the molecule is COC(=O)[C@@H]1CC(C)(C)C[C@H]1C(=O)OC. The van der Waals surface area contributed by atoms with Gasteiger partial charge in [-0.05, 0) is 18.3 Å². The zero-order valence-electron chi connectivity index (χ0n) is 9.70. The number of hydrogen-bond donors (Lipinski definition) is 0. The summed E-state index contributed by atoms with van der Waals surface area (Å²) < 4.78 is 9.41. The number of hydrogen-bond acceptors (Lipinski definition) is 4. The Labute approximate surface area is 89.9 Å². The number of methoxy groups -OCH3 is 2. The quantitative estimate of drug-likeness (QED) is 0.652. The lowest BCUT2D eigenvalue weighted by Crippen LogP contribution is -2.27. The van der Waals surface area contributed by atoms with E-state index in [9.17, 15) is 9.59 Å². The van der Waals surface area contributed by atoms with Gasteiger partial charge in [-0.25, -0.2) is 0 Å². The molecular weight excluding hydrogens is 196 g/mol. The Morgan fingerprint density at radius 2 is 1.33 bits per heavy atom. The largest absolute Gasteiger partial charge is 0.469 e. The molecule has 1 aliphatic carbocycles. The van der Waals surface area contributed by atoms with Crippen LogP contribution in [0, 0.1) is 17.3 Å². The van der Waals surface area contributed by atoms with Crippen molar-refractivity contribution in [2.75, 3.05) is 14.2 Å². The second-order valence-electron chi connectivity index (χ2n) is 4.83. The fraction of sp³-hybridized carbons (Fsp3) is 0.818. The van der Waals surface area contributed by atoms with Gasteiger partial charge in [-0.15, -0.1) is 0 Å². The van der Waals surface area contributed by atoms with Crippen LogP contribution in [-0.4, -0.2) is 26.2 Å². The molecule has 15 heavy (non-hydrogen) atoms. The molecule has 1 aliphatic rings. The molecule has 86 valence electrons. The zero-order valence-corrected chi connectivity index (χ0v) is 9.70. The Balaban J connectivity index is 2.83. The van der Waals surface area contributed by atoms with E-state index >= 15 is 0 Å². The predicted octanol–water partition coefficient (Wildman–Crippen LogP) is 1.38. The van der Waals surface area contributed by atoms with Crippen LogP contribution >= 0.6 is 0 Å². The maximum absolute atomic E-state index is 11.5. The fourth-order valence-electron chi connectivity index (χ4n) is 2.36. The summed E-state index contributed by atoms with van der Waals surface area (Å²) in [4.78, 5) is 23.0. The summed E-state index contributed by atoms with van der Waals surface area (Å²) in [7, 11) is 2.70. The van der Waals surface area contributed by atoms with Crippen molar-refractivity contribution in [1.29, 1.82) is 0 Å². The summed E-state index contributed by atoms with van der Waals surface area (Å²) in [6.07, 6.45) is 1.36. The summed E-state index contributed by atoms with van der Waals surface area (Å²) in [5.74, 6) is -1.32. The molecular formula is C11H18O4. The number of ether oxygens (including phenoxy) is 2. The molecule has 2 atom stereocenters. The van der Waals surface area contributed by atoms with Crippen molar-refractivity contribution in [3.8, 4) is 0 Å². The monoisotopic (exact) mass is 214 g/mol. The van der Waals surface area contributed by atoms with Crippen LogP contribution in [0.1, 0.15) is 26.7 Å². The second kappa shape index (κ2) is 4.21. The Bertz CT molecular complexity index is 244. The summed E-state index contributed by atoms with van der Waals surface area (Å²) in [6.45, 7) is 4.10. The molecule has 0 aliphatic heterocycles. The van der Waals surface area contributed by atoms with Gasteiger partial charge in [-0.1, -0.05) is 13.8 Å². The number of rotatable bonds is 2. The molecule has 0 aromatic heterocycles. The molecule has 1 saturated carbocycles. The van der Waals surface area contributed by atoms with Gasteiger partial charge in [0.05, 0.1) is 26.1 Å². The van der Waals surface area contributed by atoms with E-state index in [2.05, 4.69) is 0 Å². The van der Waals surface area contributed by atoms with Crippen LogP contribution in [0.4, 0.5) is 0 Å². The van der Waals surface area contributed by atoms with Gasteiger partial charge in [0.2, 0.25) is 0 Å². The van der Waals surface area contributed by atoms with E-state index in [4.69, 9.17) is 9.47 Å². The first-order valence-corrected chi connectivity index (χ1v) is 5.07. The third kappa shape index (κ3) is 2.49. The van der Waals surface area contributed by atoms with Crippen molar-refractivity contribution in [2.45, 2.75) is 26.7 Å². The average molecular weight is 214 g/mol. The molecule has 4 nitrogen and oxygen atoms in total. The molecule has 4 heteroatoms. The Hall–Kier alpha value is -1.06. The Morgan fingerprint density at radius 3 is 1.60 bits per heavy atom. The van der Waals surface area contributed by atoms with Crippen LogP contribution in [0.15, 0.2) is 0 Å². The van der Waals surface area contributed by atoms with Crippen LogP contribution < -0.4 is 0 Å². The molecule has 1 rings (SSSR count). The minimum atomic E-state index is -0.350. The first kappa shape index (κ1) is 12.0. The minimum absolute atomic E-state index is 0.00227. The van der Waals surface area contributed by atoms with Crippen LogP contribution in [0.3, 0.4) is 0 Å². The normalized spacial score (nSPS) is 28.5. The lowest BCUT2D eigenvalue weighted by molar-refractivity contribution is -0.156. The van der Waals surface area contributed by atoms with Gasteiger partial charge < -0.3 is 9.47 Å². The lowest BCUT2D eigenvalue weighted by Gasteiger charge is -2.15. The van der Waals surface area contributed by atoms with E-state index in [1.807, 2.05) is 13.8 Å². The van der Waals surface area contributed by atoms with Crippen molar-refractivity contribution in [2.24, 2.45) is 17.3 Å². The molecule has 0 saturated heterocycles. The predicted molar refractivity (Wildman–Crippen MR) is 54.0 cm³/mol. The second-order valence-corrected chi connectivity index (χ2v) is 4.83. The first-order chi connectivity index (χ1) is 6.91. The van der Waals surface area contributed by atoms with Gasteiger partial charge in [0.25, 0.3) is 0 Å². The highest BCUT2D eigenvalue weighted by molar-refractivity contribution is 5.82. The van der Waals surface area contributed by atoms with Gasteiger partial charge in [0.15, 0.2) is 0 Å². The van der Waals surface area contributed by atoms with Crippen LogP contribution in [0.5, 0.6) is 0 Å². The van der Waals surface area contributed by atoms with E-state index < -0.39 is 0 Å². The number of carbonyl (C=O) groups is 2. The van der Waals surface area contributed by atoms with Gasteiger partial charge >= 0.3 is 11.9 Å². The average Bonchev–Trinajstić information content (AvgIpc) is 2.52. The lowest BCUT2D eigenvalue weighted by atomic mass is 9.90. The van der Waals surface area contributed by atoms with Crippen molar-refractivity contribution in [3.05, 3.63) is 0 Å². The Kier molecular flexibility index (Phi) is 3.37. The summed E-state index contributed by atoms with van der Waals surface area (Å²) in [5.41, 5.74) is -0.00227.